The summed E-state index contributed by atoms with van der Waals surface area (Å²) in [5, 5.41) is 2.98. The third kappa shape index (κ3) is 3.54. The van der Waals surface area contributed by atoms with E-state index in [9.17, 15) is 13.2 Å². The molecule has 0 spiro atoms. The molecular weight excluding hydrogens is 289 g/mol. The molecule has 1 aromatic carbocycles. The van der Waals surface area contributed by atoms with Gasteiger partial charge in [0.05, 0.1) is 11.3 Å². The quantitative estimate of drug-likeness (QED) is 0.653. The van der Waals surface area contributed by atoms with Gasteiger partial charge >= 0.3 is 6.18 Å². The van der Waals surface area contributed by atoms with Crippen LogP contribution in [-0.4, -0.2) is 11.3 Å². The molecule has 0 saturated carbocycles. The van der Waals surface area contributed by atoms with Crippen molar-refractivity contribution in [1.29, 1.82) is 0 Å². The Hall–Kier alpha value is -1.49. The predicted octanol–water partition coefficient (Wildman–Crippen LogP) is 4.30. The lowest BCUT2D eigenvalue weighted by atomic mass is 10.0. The summed E-state index contributed by atoms with van der Waals surface area (Å²) in [5.41, 5.74) is 0.438. The van der Waals surface area contributed by atoms with Crippen LogP contribution in [-0.2, 0) is 6.18 Å². The SMILES string of the molecule is CCCC1=CC(c2cccc(C(F)(F)F)c2)=NC(Cl)N1. The summed E-state index contributed by atoms with van der Waals surface area (Å²) in [5.74, 6) is 0. The molecular formula is C14H14ClF3N2. The standard InChI is InChI=1S/C14H14ClF3N2/c1-2-4-11-8-12(20-13(15)19-11)9-5-3-6-10(7-9)14(16,17)18/h3,5-8,13,19H,2,4H2,1H3. The minimum atomic E-state index is -4.36. The Balaban J connectivity index is 2.35. The van der Waals surface area contributed by atoms with Gasteiger partial charge in [-0.05, 0) is 24.6 Å². The molecule has 2 rings (SSSR count). The monoisotopic (exact) mass is 302 g/mol. The Labute approximate surface area is 120 Å². The largest absolute Gasteiger partial charge is 0.416 e. The van der Waals surface area contributed by atoms with E-state index in [1.807, 2.05) is 6.92 Å². The van der Waals surface area contributed by atoms with Crippen molar-refractivity contribution in [3.63, 3.8) is 0 Å². The minimum absolute atomic E-state index is 0.417. The van der Waals surface area contributed by atoms with E-state index in [0.29, 0.717) is 11.3 Å². The first-order chi connectivity index (χ1) is 9.40. The topological polar surface area (TPSA) is 24.4 Å². The first-order valence-corrected chi connectivity index (χ1v) is 6.70. The molecule has 108 valence electrons. The van der Waals surface area contributed by atoms with E-state index in [1.54, 1.807) is 12.1 Å². The van der Waals surface area contributed by atoms with Crippen LogP contribution in [0.3, 0.4) is 0 Å². The van der Waals surface area contributed by atoms with Crippen LogP contribution < -0.4 is 5.32 Å². The molecule has 1 N–H and O–H groups in total. The maximum absolute atomic E-state index is 12.7. The van der Waals surface area contributed by atoms with Gasteiger partial charge in [-0.2, -0.15) is 13.2 Å². The lowest BCUT2D eigenvalue weighted by molar-refractivity contribution is -0.137. The Bertz CT molecular complexity index is 550. The highest BCUT2D eigenvalue weighted by molar-refractivity contribution is 6.22. The number of hydrogen-bond donors (Lipinski definition) is 1. The third-order valence-electron chi connectivity index (χ3n) is 2.87. The summed E-state index contributed by atoms with van der Waals surface area (Å²) in [6, 6.07) is 5.11. The molecule has 0 fully saturated rings. The molecule has 6 heteroatoms. The van der Waals surface area contributed by atoms with Gasteiger partial charge in [-0.1, -0.05) is 37.1 Å². The fourth-order valence-electron chi connectivity index (χ4n) is 1.98. The number of benzene rings is 1. The molecule has 2 nitrogen and oxygen atoms in total. The molecule has 0 bridgehead atoms. The van der Waals surface area contributed by atoms with E-state index >= 15 is 0 Å². The first-order valence-electron chi connectivity index (χ1n) is 6.27. The van der Waals surface area contributed by atoms with E-state index < -0.39 is 17.4 Å². The average molecular weight is 303 g/mol. The molecule has 1 heterocycles. The van der Waals surface area contributed by atoms with Gasteiger partial charge in [0.2, 0.25) is 0 Å². The summed E-state index contributed by atoms with van der Waals surface area (Å²) in [6.07, 6.45) is -0.919. The molecule has 1 unspecified atom stereocenters. The Morgan fingerprint density at radius 2 is 2.10 bits per heavy atom. The van der Waals surface area contributed by atoms with E-state index in [0.717, 1.165) is 30.7 Å². The van der Waals surface area contributed by atoms with Crippen LogP contribution in [0, 0.1) is 0 Å². The van der Waals surface area contributed by atoms with Gasteiger partial charge in [0, 0.05) is 11.3 Å². The zero-order valence-electron chi connectivity index (χ0n) is 10.8. The van der Waals surface area contributed by atoms with Crippen molar-refractivity contribution >= 4 is 17.3 Å². The summed E-state index contributed by atoms with van der Waals surface area (Å²) in [6.45, 7) is 2.02. The number of nitrogens with one attached hydrogen (secondary N) is 1. The van der Waals surface area contributed by atoms with Gasteiger partial charge in [0.15, 0.2) is 5.62 Å². The summed E-state index contributed by atoms with van der Waals surface area (Å²) in [4.78, 5) is 4.14. The van der Waals surface area contributed by atoms with Crippen LogP contribution in [0.25, 0.3) is 0 Å². The van der Waals surface area contributed by atoms with Crippen LogP contribution in [0.5, 0.6) is 0 Å². The van der Waals surface area contributed by atoms with Crippen molar-refractivity contribution in [2.75, 3.05) is 0 Å². The number of alkyl halides is 4. The predicted molar refractivity (Wildman–Crippen MR) is 73.7 cm³/mol. The normalized spacial score (nSPS) is 19.1. The fourth-order valence-corrected chi connectivity index (χ4v) is 2.22. The Morgan fingerprint density at radius 3 is 2.75 bits per heavy atom. The second-order valence-electron chi connectivity index (χ2n) is 4.49. The second kappa shape index (κ2) is 5.87. The first kappa shape index (κ1) is 14.9. The molecule has 1 aliphatic heterocycles. The van der Waals surface area contributed by atoms with Gasteiger partial charge in [-0.25, -0.2) is 4.99 Å². The zero-order chi connectivity index (χ0) is 14.8. The zero-order valence-corrected chi connectivity index (χ0v) is 11.6. The molecule has 1 aromatic rings. The van der Waals surface area contributed by atoms with Crippen molar-refractivity contribution in [2.45, 2.75) is 31.6 Å². The van der Waals surface area contributed by atoms with Crippen LogP contribution in [0.4, 0.5) is 13.2 Å². The fraction of sp³-hybridized carbons (Fsp3) is 0.357. The summed E-state index contributed by atoms with van der Waals surface area (Å²) >= 11 is 5.96. The van der Waals surface area contributed by atoms with Crippen LogP contribution in [0.15, 0.2) is 41.0 Å². The maximum Gasteiger partial charge on any atom is 0.416 e. The molecule has 0 radical (unpaired) electrons. The Kier molecular flexibility index (Phi) is 4.38. The minimum Gasteiger partial charge on any atom is -0.355 e. The lowest BCUT2D eigenvalue weighted by Crippen LogP contribution is -2.27. The number of hydrogen-bond acceptors (Lipinski definition) is 2. The maximum atomic E-state index is 12.7. The highest BCUT2D eigenvalue weighted by atomic mass is 35.5. The molecule has 0 aliphatic carbocycles. The second-order valence-corrected chi connectivity index (χ2v) is 4.91. The van der Waals surface area contributed by atoms with Crippen LogP contribution in [0.2, 0.25) is 0 Å². The highest BCUT2D eigenvalue weighted by Gasteiger charge is 2.30. The average Bonchev–Trinajstić information content (AvgIpc) is 2.37. The molecule has 1 atom stereocenters. The van der Waals surface area contributed by atoms with E-state index in [4.69, 9.17) is 11.6 Å². The smallest absolute Gasteiger partial charge is 0.355 e. The van der Waals surface area contributed by atoms with E-state index in [2.05, 4.69) is 10.3 Å². The summed E-state index contributed by atoms with van der Waals surface area (Å²) < 4.78 is 38.1. The van der Waals surface area contributed by atoms with Crippen molar-refractivity contribution in [3.05, 3.63) is 47.2 Å². The molecule has 20 heavy (non-hydrogen) atoms. The lowest BCUT2D eigenvalue weighted by Gasteiger charge is -2.20. The Morgan fingerprint density at radius 1 is 1.35 bits per heavy atom. The summed E-state index contributed by atoms with van der Waals surface area (Å²) in [7, 11) is 0. The van der Waals surface area contributed by atoms with Crippen LogP contribution in [0.1, 0.15) is 30.9 Å². The number of allylic oxidation sites excluding steroid dienone is 2. The molecule has 0 amide bonds. The molecule has 0 saturated heterocycles. The highest BCUT2D eigenvalue weighted by Crippen LogP contribution is 2.30. The van der Waals surface area contributed by atoms with Gasteiger partial charge in [-0.15, -0.1) is 0 Å². The van der Waals surface area contributed by atoms with Crippen molar-refractivity contribution in [3.8, 4) is 0 Å². The number of halogens is 4. The van der Waals surface area contributed by atoms with Gasteiger partial charge in [0.1, 0.15) is 0 Å². The van der Waals surface area contributed by atoms with Crippen LogP contribution >= 0.6 is 11.6 Å². The molecule has 0 aromatic heterocycles. The van der Waals surface area contributed by atoms with Crippen molar-refractivity contribution in [2.24, 2.45) is 4.99 Å². The number of aliphatic imine (C=N–C) groups is 1. The van der Waals surface area contributed by atoms with Crippen molar-refractivity contribution < 1.29 is 13.2 Å². The van der Waals surface area contributed by atoms with E-state index in [-0.39, 0.29) is 0 Å². The van der Waals surface area contributed by atoms with Gasteiger partial charge < -0.3 is 5.32 Å². The van der Waals surface area contributed by atoms with Crippen molar-refractivity contribution in [1.82, 2.24) is 5.32 Å². The van der Waals surface area contributed by atoms with Gasteiger partial charge in [0.25, 0.3) is 0 Å². The van der Waals surface area contributed by atoms with E-state index in [1.165, 1.54) is 6.07 Å². The van der Waals surface area contributed by atoms with Gasteiger partial charge in [-0.3, -0.25) is 0 Å². The molecule has 1 aliphatic rings. The number of nitrogens with zero attached hydrogens (tertiary/aromatic N) is 1. The number of rotatable bonds is 3. The third-order valence-corrected chi connectivity index (χ3v) is 3.08.